The van der Waals surface area contributed by atoms with Crippen LogP contribution >= 0.6 is 0 Å². The van der Waals surface area contributed by atoms with Gasteiger partial charge in [0.2, 0.25) is 5.95 Å². The van der Waals surface area contributed by atoms with Crippen LogP contribution in [0.2, 0.25) is 0 Å². The molecule has 3 rings (SSSR count). The fourth-order valence-corrected chi connectivity index (χ4v) is 3.06. The van der Waals surface area contributed by atoms with Gasteiger partial charge < -0.3 is 9.88 Å². The van der Waals surface area contributed by atoms with Crippen molar-refractivity contribution in [2.75, 3.05) is 5.32 Å². The maximum absolute atomic E-state index is 4.46. The third-order valence-corrected chi connectivity index (χ3v) is 4.10. The highest BCUT2D eigenvalue weighted by Crippen LogP contribution is 2.38. The van der Waals surface area contributed by atoms with Crippen LogP contribution in [0.25, 0.3) is 0 Å². The van der Waals surface area contributed by atoms with Crippen molar-refractivity contribution >= 4 is 5.95 Å². The number of rotatable bonds is 3. The van der Waals surface area contributed by atoms with Crippen LogP contribution in [0.4, 0.5) is 5.95 Å². The zero-order chi connectivity index (χ0) is 11.0. The van der Waals surface area contributed by atoms with Gasteiger partial charge >= 0.3 is 0 Å². The number of aromatic nitrogens is 2. The van der Waals surface area contributed by atoms with Gasteiger partial charge in [0, 0.05) is 24.5 Å². The van der Waals surface area contributed by atoms with Crippen molar-refractivity contribution in [2.45, 2.75) is 57.5 Å². The molecule has 0 spiro atoms. The molecule has 3 nitrogen and oxygen atoms in total. The molecule has 0 radical (unpaired) electrons. The number of nitrogens with zero attached hydrogens (tertiary/aromatic N) is 2. The molecule has 1 heterocycles. The van der Waals surface area contributed by atoms with Crippen LogP contribution in [0.15, 0.2) is 12.4 Å². The molecule has 0 amide bonds. The maximum atomic E-state index is 4.46. The Balaban J connectivity index is 1.67. The van der Waals surface area contributed by atoms with E-state index in [0.29, 0.717) is 12.1 Å². The molecule has 2 aliphatic rings. The molecular formula is C13H21N3. The Bertz CT molecular complexity index is 346. The van der Waals surface area contributed by atoms with E-state index in [1.807, 2.05) is 6.20 Å². The number of nitrogens with one attached hydrogen (secondary N) is 1. The van der Waals surface area contributed by atoms with Crippen LogP contribution in [-0.2, 0) is 0 Å². The van der Waals surface area contributed by atoms with Crippen LogP contribution in [0.5, 0.6) is 0 Å². The van der Waals surface area contributed by atoms with Gasteiger partial charge in [0.15, 0.2) is 0 Å². The maximum Gasteiger partial charge on any atom is 0.203 e. The molecule has 3 heteroatoms. The highest BCUT2D eigenvalue weighted by molar-refractivity contribution is 5.29. The lowest BCUT2D eigenvalue weighted by Gasteiger charge is -2.34. The lowest BCUT2D eigenvalue weighted by Crippen LogP contribution is -2.27. The number of hydrogen-bond donors (Lipinski definition) is 1. The average molecular weight is 219 g/mol. The van der Waals surface area contributed by atoms with E-state index in [9.17, 15) is 0 Å². The van der Waals surface area contributed by atoms with Gasteiger partial charge in [-0.2, -0.15) is 0 Å². The molecule has 0 bridgehead atoms. The van der Waals surface area contributed by atoms with Crippen LogP contribution < -0.4 is 5.32 Å². The minimum absolute atomic E-state index is 0.665. The van der Waals surface area contributed by atoms with E-state index in [0.717, 1.165) is 11.9 Å². The second-order valence-electron chi connectivity index (χ2n) is 5.51. The van der Waals surface area contributed by atoms with Crippen LogP contribution in [0.3, 0.4) is 0 Å². The first-order valence-corrected chi connectivity index (χ1v) is 6.62. The van der Waals surface area contributed by atoms with Crippen molar-refractivity contribution in [3.05, 3.63) is 12.4 Å². The van der Waals surface area contributed by atoms with Crippen molar-refractivity contribution in [3.63, 3.8) is 0 Å². The van der Waals surface area contributed by atoms with Gasteiger partial charge in [-0.25, -0.2) is 4.98 Å². The first-order valence-electron chi connectivity index (χ1n) is 6.62. The predicted molar refractivity (Wildman–Crippen MR) is 65.5 cm³/mol. The van der Waals surface area contributed by atoms with Crippen LogP contribution in [0.1, 0.15) is 51.5 Å². The van der Waals surface area contributed by atoms with E-state index < -0.39 is 0 Å². The Labute approximate surface area is 97.3 Å². The highest BCUT2D eigenvalue weighted by atomic mass is 15.2. The summed E-state index contributed by atoms with van der Waals surface area (Å²) in [5, 5.41) is 3.61. The molecule has 0 aromatic carbocycles. The summed E-state index contributed by atoms with van der Waals surface area (Å²) >= 11 is 0. The lowest BCUT2D eigenvalue weighted by molar-refractivity contribution is 0.218. The molecule has 0 unspecified atom stereocenters. The summed E-state index contributed by atoms with van der Waals surface area (Å²) in [5.74, 6) is 2.00. The Kier molecular flexibility index (Phi) is 2.62. The molecule has 1 N–H and O–H groups in total. The van der Waals surface area contributed by atoms with E-state index in [1.165, 1.54) is 38.5 Å². The predicted octanol–water partition coefficient (Wildman–Crippen LogP) is 3.21. The summed E-state index contributed by atoms with van der Waals surface area (Å²) in [7, 11) is 0. The van der Waals surface area contributed by atoms with E-state index in [4.69, 9.17) is 0 Å². The quantitative estimate of drug-likeness (QED) is 0.846. The summed E-state index contributed by atoms with van der Waals surface area (Å²) < 4.78 is 2.35. The number of anilines is 1. The molecule has 1 aromatic rings. The zero-order valence-electron chi connectivity index (χ0n) is 10.0. The van der Waals surface area contributed by atoms with Crippen LogP contribution in [0, 0.1) is 5.92 Å². The van der Waals surface area contributed by atoms with Crippen molar-refractivity contribution in [1.82, 2.24) is 9.55 Å². The van der Waals surface area contributed by atoms with Gasteiger partial charge in [0.1, 0.15) is 0 Å². The third kappa shape index (κ3) is 1.83. The Morgan fingerprint density at radius 1 is 1.31 bits per heavy atom. The van der Waals surface area contributed by atoms with E-state index in [2.05, 4.69) is 28.0 Å². The first-order chi connectivity index (χ1) is 7.83. The fraction of sp³-hybridized carbons (Fsp3) is 0.769. The SMILES string of the molecule is CC1CC(n2ccnc2NC2CCCC2)C1. The zero-order valence-corrected chi connectivity index (χ0v) is 10.0. The van der Waals surface area contributed by atoms with Gasteiger partial charge in [-0.1, -0.05) is 19.8 Å². The lowest BCUT2D eigenvalue weighted by atomic mass is 9.82. The molecule has 16 heavy (non-hydrogen) atoms. The van der Waals surface area contributed by atoms with Crippen molar-refractivity contribution in [1.29, 1.82) is 0 Å². The molecule has 2 saturated carbocycles. The molecule has 0 atom stereocenters. The number of hydrogen-bond acceptors (Lipinski definition) is 2. The van der Waals surface area contributed by atoms with Gasteiger partial charge in [-0.3, -0.25) is 0 Å². The first kappa shape index (κ1) is 10.2. The van der Waals surface area contributed by atoms with E-state index in [-0.39, 0.29) is 0 Å². The summed E-state index contributed by atoms with van der Waals surface area (Å²) in [4.78, 5) is 4.46. The molecule has 0 saturated heterocycles. The summed E-state index contributed by atoms with van der Waals surface area (Å²) in [6.45, 7) is 2.33. The molecule has 2 aliphatic carbocycles. The molecule has 0 aliphatic heterocycles. The monoisotopic (exact) mass is 219 g/mol. The van der Waals surface area contributed by atoms with Gasteiger partial charge in [-0.15, -0.1) is 0 Å². The topological polar surface area (TPSA) is 29.9 Å². The Morgan fingerprint density at radius 3 is 2.75 bits per heavy atom. The second-order valence-corrected chi connectivity index (χ2v) is 5.51. The number of imidazole rings is 1. The second kappa shape index (κ2) is 4.11. The Hall–Kier alpha value is -0.990. The largest absolute Gasteiger partial charge is 0.353 e. The van der Waals surface area contributed by atoms with Crippen molar-refractivity contribution in [2.24, 2.45) is 5.92 Å². The van der Waals surface area contributed by atoms with Crippen molar-refractivity contribution < 1.29 is 0 Å². The summed E-state index contributed by atoms with van der Waals surface area (Å²) in [6, 6.07) is 1.36. The van der Waals surface area contributed by atoms with Crippen LogP contribution in [-0.4, -0.2) is 15.6 Å². The smallest absolute Gasteiger partial charge is 0.203 e. The third-order valence-electron chi connectivity index (χ3n) is 4.10. The molecule has 1 aromatic heterocycles. The van der Waals surface area contributed by atoms with Gasteiger partial charge in [-0.05, 0) is 31.6 Å². The van der Waals surface area contributed by atoms with E-state index in [1.54, 1.807) is 0 Å². The molecule has 2 fully saturated rings. The Morgan fingerprint density at radius 2 is 2.06 bits per heavy atom. The normalized spacial score (nSPS) is 30.3. The minimum Gasteiger partial charge on any atom is -0.353 e. The van der Waals surface area contributed by atoms with Gasteiger partial charge in [0.05, 0.1) is 0 Å². The average Bonchev–Trinajstić information content (AvgIpc) is 2.85. The summed E-state index contributed by atoms with van der Waals surface area (Å²) in [5.41, 5.74) is 0. The summed E-state index contributed by atoms with van der Waals surface area (Å²) in [6.07, 6.45) is 12.1. The van der Waals surface area contributed by atoms with Crippen molar-refractivity contribution in [3.8, 4) is 0 Å². The van der Waals surface area contributed by atoms with E-state index >= 15 is 0 Å². The fourth-order valence-electron chi connectivity index (χ4n) is 3.06. The molecule has 88 valence electrons. The standard InChI is InChI=1S/C13H21N3/c1-10-8-12(9-10)16-7-6-14-13(16)15-11-4-2-3-5-11/h6-7,10-12H,2-5,8-9H2,1H3,(H,14,15). The van der Waals surface area contributed by atoms with Gasteiger partial charge in [0.25, 0.3) is 0 Å². The minimum atomic E-state index is 0.665. The highest BCUT2D eigenvalue weighted by Gasteiger charge is 2.28. The molecular weight excluding hydrogens is 198 g/mol.